The van der Waals surface area contributed by atoms with Crippen LogP contribution >= 0.6 is 15.9 Å². The molecule has 2 N–H and O–H groups in total. The molecular formula is C12H13BrN2O3. The van der Waals surface area contributed by atoms with Gasteiger partial charge in [-0.15, -0.1) is 0 Å². The summed E-state index contributed by atoms with van der Waals surface area (Å²) in [5, 5.41) is 12.4. The third kappa shape index (κ3) is 2.83. The van der Waals surface area contributed by atoms with Crippen molar-refractivity contribution in [1.29, 1.82) is 0 Å². The molecule has 0 fully saturated rings. The van der Waals surface area contributed by atoms with Gasteiger partial charge in [-0.25, -0.2) is 0 Å². The third-order valence-corrected chi connectivity index (χ3v) is 2.97. The van der Waals surface area contributed by atoms with Gasteiger partial charge in [0.1, 0.15) is 17.6 Å². The van der Waals surface area contributed by atoms with Gasteiger partial charge in [-0.3, -0.25) is 4.79 Å². The fourth-order valence-corrected chi connectivity index (χ4v) is 2.14. The molecule has 0 bridgehead atoms. The Morgan fingerprint density at radius 3 is 3.00 bits per heavy atom. The summed E-state index contributed by atoms with van der Waals surface area (Å²) in [6, 6.07) is 5.07. The third-order valence-electron chi connectivity index (χ3n) is 2.53. The minimum Gasteiger partial charge on any atom is -0.467 e. The summed E-state index contributed by atoms with van der Waals surface area (Å²) in [4.78, 5) is 11.9. The number of amides is 1. The van der Waals surface area contributed by atoms with Crippen LogP contribution in [0.4, 0.5) is 0 Å². The lowest BCUT2D eigenvalue weighted by Gasteiger charge is -2.09. The molecule has 0 aliphatic heterocycles. The molecule has 2 rings (SSSR count). The van der Waals surface area contributed by atoms with E-state index in [9.17, 15) is 9.90 Å². The molecule has 2 heterocycles. The number of nitrogens with one attached hydrogen (secondary N) is 1. The highest BCUT2D eigenvalue weighted by Crippen LogP contribution is 2.14. The number of rotatable bonds is 4. The Morgan fingerprint density at radius 1 is 1.67 bits per heavy atom. The number of carbonyl (C=O) groups is 1. The molecule has 0 unspecified atom stereocenters. The van der Waals surface area contributed by atoms with E-state index < -0.39 is 6.10 Å². The van der Waals surface area contributed by atoms with E-state index in [4.69, 9.17) is 4.42 Å². The van der Waals surface area contributed by atoms with Gasteiger partial charge in [0.15, 0.2) is 0 Å². The Hall–Kier alpha value is -1.53. The molecule has 0 spiro atoms. The van der Waals surface area contributed by atoms with Crippen molar-refractivity contribution in [1.82, 2.24) is 9.88 Å². The Bertz CT molecular complexity index is 534. The number of hydrogen-bond acceptors (Lipinski definition) is 3. The molecule has 18 heavy (non-hydrogen) atoms. The van der Waals surface area contributed by atoms with Crippen LogP contribution in [-0.2, 0) is 7.05 Å². The average molecular weight is 313 g/mol. The van der Waals surface area contributed by atoms with E-state index in [1.165, 1.54) is 6.26 Å². The molecule has 0 radical (unpaired) electrons. The lowest BCUT2D eigenvalue weighted by molar-refractivity contribution is 0.0893. The maximum atomic E-state index is 11.9. The van der Waals surface area contributed by atoms with Crippen molar-refractivity contribution < 1.29 is 14.3 Å². The molecule has 96 valence electrons. The van der Waals surface area contributed by atoms with E-state index in [1.54, 1.807) is 36.0 Å². The first-order valence-electron chi connectivity index (χ1n) is 5.39. The van der Waals surface area contributed by atoms with E-state index in [1.807, 2.05) is 0 Å². The summed E-state index contributed by atoms with van der Waals surface area (Å²) >= 11 is 3.30. The van der Waals surface area contributed by atoms with Crippen molar-refractivity contribution in [2.75, 3.05) is 6.54 Å². The van der Waals surface area contributed by atoms with Crippen LogP contribution in [0.25, 0.3) is 0 Å². The van der Waals surface area contributed by atoms with Crippen molar-refractivity contribution >= 4 is 21.8 Å². The monoisotopic (exact) mass is 312 g/mol. The number of aromatic nitrogens is 1. The Labute approximate surface area is 113 Å². The predicted molar refractivity (Wildman–Crippen MR) is 69.1 cm³/mol. The number of aliphatic hydroxyl groups is 1. The average Bonchev–Trinajstić information content (AvgIpc) is 2.95. The standard InChI is InChI=1S/C12H13BrN2O3/c1-15-7-8(13)5-9(15)12(17)14-6-10(16)11-3-2-4-18-11/h2-5,7,10,16H,6H2,1H3,(H,14,17)/t10-/m1/s1. The first-order chi connectivity index (χ1) is 8.58. The van der Waals surface area contributed by atoms with Crippen molar-refractivity contribution in [3.8, 4) is 0 Å². The van der Waals surface area contributed by atoms with Crippen LogP contribution in [-0.4, -0.2) is 22.1 Å². The first-order valence-corrected chi connectivity index (χ1v) is 6.18. The Kier molecular flexibility index (Phi) is 3.88. The summed E-state index contributed by atoms with van der Waals surface area (Å²) < 4.78 is 7.59. The second-order valence-corrected chi connectivity index (χ2v) is 4.81. The van der Waals surface area contributed by atoms with Gasteiger partial charge in [0, 0.05) is 17.7 Å². The number of aliphatic hydroxyl groups excluding tert-OH is 1. The van der Waals surface area contributed by atoms with Crippen LogP contribution in [0.15, 0.2) is 39.5 Å². The first kappa shape index (κ1) is 12.9. The van der Waals surface area contributed by atoms with Crippen LogP contribution in [0.3, 0.4) is 0 Å². The van der Waals surface area contributed by atoms with Crippen molar-refractivity contribution in [3.63, 3.8) is 0 Å². The summed E-state index contributed by atoms with van der Waals surface area (Å²) in [5.41, 5.74) is 0.522. The molecule has 0 saturated heterocycles. The number of nitrogens with zero attached hydrogens (tertiary/aromatic N) is 1. The van der Waals surface area contributed by atoms with Crippen molar-refractivity contribution in [3.05, 3.63) is 46.6 Å². The van der Waals surface area contributed by atoms with Crippen LogP contribution < -0.4 is 5.32 Å². The molecule has 5 nitrogen and oxygen atoms in total. The highest BCUT2D eigenvalue weighted by Gasteiger charge is 2.15. The number of hydrogen-bond donors (Lipinski definition) is 2. The topological polar surface area (TPSA) is 67.4 Å². The second kappa shape index (κ2) is 5.41. The molecule has 0 aliphatic carbocycles. The lowest BCUT2D eigenvalue weighted by atomic mass is 10.2. The van der Waals surface area contributed by atoms with E-state index >= 15 is 0 Å². The van der Waals surface area contributed by atoms with Gasteiger partial charge in [0.25, 0.3) is 5.91 Å². The summed E-state index contributed by atoms with van der Waals surface area (Å²) in [7, 11) is 1.78. The van der Waals surface area contributed by atoms with E-state index in [2.05, 4.69) is 21.2 Å². The maximum Gasteiger partial charge on any atom is 0.268 e. The van der Waals surface area contributed by atoms with Crippen molar-refractivity contribution in [2.45, 2.75) is 6.10 Å². The molecule has 0 aromatic carbocycles. The number of halogens is 1. The normalized spacial score (nSPS) is 12.4. The summed E-state index contributed by atoms with van der Waals surface area (Å²) in [5.74, 6) is 0.192. The Balaban J connectivity index is 1.94. The van der Waals surface area contributed by atoms with Gasteiger partial charge in [-0.05, 0) is 34.1 Å². The number of aryl methyl sites for hydroxylation is 1. The summed E-state index contributed by atoms with van der Waals surface area (Å²) in [6.45, 7) is 0.106. The quantitative estimate of drug-likeness (QED) is 0.905. The van der Waals surface area contributed by atoms with Crippen molar-refractivity contribution in [2.24, 2.45) is 7.05 Å². The van der Waals surface area contributed by atoms with Gasteiger partial charge in [0.05, 0.1) is 12.8 Å². The van der Waals surface area contributed by atoms with Gasteiger partial charge in [-0.1, -0.05) is 0 Å². The maximum absolute atomic E-state index is 11.9. The molecule has 6 heteroatoms. The summed E-state index contributed by atoms with van der Waals surface area (Å²) in [6.07, 6.45) is 2.43. The molecule has 2 aromatic heterocycles. The van der Waals surface area contributed by atoms with Gasteiger partial charge in [-0.2, -0.15) is 0 Å². The van der Waals surface area contributed by atoms with Crippen LogP contribution in [0, 0.1) is 0 Å². The molecular weight excluding hydrogens is 300 g/mol. The lowest BCUT2D eigenvalue weighted by Crippen LogP contribution is -2.29. The molecule has 1 amide bonds. The zero-order valence-electron chi connectivity index (χ0n) is 9.76. The fraction of sp³-hybridized carbons (Fsp3) is 0.250. The zero-order valence-corrected chi connectivity index (χ0v) is 11.3. The smallest absolute Gasteiger partial charge is 0.268 e. The van der Waals surface area contributed by atoms with E-state index in [0.717, 1.165) is 4.47 Å². The highest BCUT2D eigenvalue weighted by atomic mass is 79.9. The van der Waals surface area contributed by atoms with Crippen LogP contribution in [0.5, 0.6) is 0 Å². The zero-order chi connectivity index (χ0) is 13.1. The van der Waals surface area contributed by atoms with Gasteiger partial charge in [0.2, 0.25) is 0 Å². The SMILES string of the molecule is Cn1cc(Br)cc1C(=O)NC[C@@H](O)c1ccco1. The molecule has 0 aliphatic rings. The molecule has 0 saturated carbocycles. The predicted octanol–water partition coefficient (Wildman–Crippen LogP) is 1.84. The minimum atomic E-state index is -0.840. The number of carbonyl (C=O) groups excluding carboxylic acids is 1. The van der Waals surface area contributed by atoms with E-state index in [-0.39, 0.29) is 12.5 Å². The fourth-order valence-electron chi connectivity index (χ4n) is 1.61. The van der Waals surface area contributed by atoms with Crippen LogP contribution in [0.2, 0.25) is 0 Å². The highest BCUT2D eigenvalue weighted by molar-refractivity contribution is 9.10. The van der Waals surface area contributed by atoms with Crippen LogP contribution in [0.1, 0.15) is 22.4 Å². The van der Waals surface area contributed by atoms with E-state index in [0.29, 0.717) is 11.5 Å². The van der Waals surface area contributed by atoms with Gasteiger partial charge >= 0.3 is 0 Å². The molecule has 1 atom stereocenters. The molecule has 2 aromatic rings. The largest absolute Gasteiger partial charge is 0.467 e. The number of furan rings is 1. The minimum absolute atomic E-state index is 0.106. The second-order valence-electron chi connectivity index (χ2n) is 3.90. The Morgan fingerprint density at radius 2 is 2.44 bits per heavy atom. The van der Waals surface area contributed by atoms with Gasteiger partial charge < -0.3 is 19.4 Å².